The van der Waals surface area contributed by atoms with Crippen molar-refractivity contribution in [3.05, 3.63) is 71.1 Å². The first-order valence-electron chi connectivity index (χ1n) is 6.60. The number of rotatable bonds is 1. The standard InChI is InChI=1S/C17H9F6/c18-16(19,20)12-7-11(8-13(9-12)17(21,22)23)15-6-2-4-10-3-1-5-14(10)15/h1-9H. The third-order valence-corrected chi connectivity index (χ3v) is 3.58. The van der Waals surface area contributed by atoms with E-state index in [9.17, 15) is 26.3 Å². The van der Waals surface area contributed by atoms with Gasteiger partial charge in [-0.2, -0.15) is 26.3 Å². The number of allylic oxidation sites excluding steroid dienone is 1. The van der Waals surface area contributed by atoms with E-state index in [1.54, 1.807) is 30.7 Å². The largest absolute Gasteiger partial charge is 0.416 e. The fourth-order valence-electron chi connectivity index (χ4n) is 2.52. The van der Waals surface area contributed by atoms with E-state index in [1.807, 2.05) is 0 Å². The van der Waals surface area contributed by atoms with Gasteiger partial charge in [-0.3, -0.25) is 0 Å². The molecule has 2 aromatic rings. The SMILES string of the molecule is FC(F)(F)c1cc(-c2cccc3c2C=C[CH]3)cc(C(F)(F)F)c1. The van der Waals surface area contributed by atoms with Crippen LogP contribution in [0, 0.1) is 6.42 Å². The number of hydrogen-bond donors (Lipinski definition) is 0. The fraction of sp³-hybridized carbons (Fsp3) is 0.118. The highest BCUT2D eigenvalue weighted by atomic mass is 19.4. The van der Waals surface area contributed by atoms with Gasteiger partial charge < -0.3 is 0 Å². The van der Waals surface area contributed by atoms with E-state index in [4.69, 9.17) is 0 Å². The Morgan fingerprint density at radius 3 is 1.91 bits per heavy atom. The van der Waals surface area contributed by atoms with Crippen LogP contribution in [0.15, 0.2) is 42.5 Å². The second-order valence-electron chi connectivity index (χ2n) is 5.13. The topological polar surface area (TPSA) is 0 Å². The Labute approximate surface area is 128 Å². The summed E-state index contributed by atoms with van der Waals surface area (Å²) in [6.45, 7) is 0. The monoisotopic (exact) mass is 327 g/mol. The van der Waals surface area contributed by atoms with Gasteiger partial charge in [-0.05, 0) is 40.5 Å². The van der Waals surface area contributed by atoms with Gasteiger partial charge >= 0.3 is 12.4 Å². The van der Waals surface area contributed by atoms with Crippen LogP contribution in [0.25, 0.3) is 17.2 Å². The summed E-state index contributed by atoms with van der Waals surface area (Å²) in [6, 6.07) is 6.49. The van der Waals surface area contributed by atoms with Gasteiger partial charge in [0.1, 0.15) is 0 Å². The van der Waals surface area contributed by atoms with Crippen molar-refractivity contribution in [1.82, 2.24) is 0 Å². The average molecular weight is 327 g/mol. The Kier molecular flexibility index (Phi) is 3.50. The van der Waals surface area contributed by atoms with Crippen LogP contribution in [0.4, 0.5) is 26.3 Å². The molecule has 0 amide bonds. The molecule has 119 valence electrons. The second-order valence-corrected chi connectivity index (χ2v) is 5.13. The number of hydrogen-bond acceptors (Lipinski definition) is 0. The maximum absolute atomic E-state index is 12.9. The van der Waals surface area contributed by atoms with Gasteiger partial charge in [-0.1, -0.05) is 30.4 Å². The average Bonchev–Trinajstić information content (AvgIpc) is 2.93. The van der Waals surface area contributed by atoms with Crippen LogP contribution in [0.5, 0.6) is 0 Å². The molecular formula is C17H9F6. The van der Waals surface area contributed by atoms with E-state index >= 15 is 0 Å². The maximum Gasteiger partial charge on any atom is 0.416 e. The Balaban J connectivity index is 2.24. The third kappa shape index (κ3) is 2.98. The van der Waals surface area contributed by atoms with Crippen LogP contribution in [0.1, 0.15) is 22.3 Å². The summed E-state index contributed by atoms with van der Waals surface area (Å²) in [6.07, 6.45) is -4.59. The molecule has 1 radical (unpaired) electrons. The van der Waals surface area contributed by atoms with Gasteiger partial charge in [-0.25, -0.2) is 0 Å². The van der Waals surface area contributed by atoms with Crippen LogP contribution in [-0.2, 0) is 12.4 Å². The molecule has 0 heterocycles. The molecule has 0 bridgehead atoms. The first-order valence-corrected chi connectivity index (χ1v) is 6.60. The zero-order valence-corrected chi connectivity index (χ0v) is 11.5. The lowest BCUT2D eigenvalue weighted by Gasteiger charge is -2.15. The molecule has 23 heavy (non-hydrogen) atoms. The molecule has 0 saturated carbocycles. The molecule has 0 N–H and O–H groups in total. The molecule has 2 aromatic carbocycles. The molecule has 3 rings (SSSR count). The summed E-state index contributed by atoms with van der Waals surface area (Å²) in [7, 11) is 0. The van der Waals surface area contributed by atoms with E-state index in [0.717, 1.165) is 17.7 Å². The van der Waals surface area contributed by atoms with Gasteiger partial charge in [0.2, 0.25) is 0 Å². The first-order chi connectivity index (χ1) is 10.7. The zero-order chi connectivity index (χ0) is 16.8. The van der Waals surface area contributed by atoms with Crippen molar-refractivity contribution in [3.8, 4) is 11.1 Å². The predicted molar refractivity (Wildman–Crippen MR) is 74.3 cm³/mol. The van der Waals surface area contributed by atoms with Crippen molar-refractivity contribution in [2.24, 2.45) is 0 Å². The molecule has 0 atom stereocenters. The quantitative estimate of drug-likeness (QED) is 0.566. The van der Waals surface area contributed by atoms with Crippen molar-refractivity contribution in [3.63, 3.8) is 0 Å². The van der Waals surface area contributed by atoms with Crippen LogP contribution < -0.4 is 0 Å². The molecule has 1 aliphatic rings. The molecule has 0 spiro atoms. The molecule has 0 nitrogen and oxygen atoms in total. The Morgan fingerprint density at radius 2 is 1.35 bits per heavy atom. The van der Waals surface area contributed by atoms with E-state index in [-0.39, 0.29) is 11.6 Å². The van der Waals surface area contributed by atoms with Crippen molar-refractivity contribution in [1.29, 1.82) is 0 Å². The molecule has 0 saturated heterocycles. The van der Waals surface area contributed by atoms with Gasteiger partial charge in [0.25, 0.3) is 0 Å². The lowest BCUT2D eigenvalue weighted by atomic mass is 9.94. The lowest BCUT2D eigenvalue weighted by molar-refractivity contribution is -0.143. The minimum absolute atomic E-state index is 0.107. The fourth-order valence-corrected chi connectivity index (χ4v) is 2.52. The van der Waals surface area contributed by atoms with E-state index in [0.29, 0.717) is 11.1 Å². The Morgan fingerprint density at radius 1 is 0.739 bits per heavy atom. The van der Waals surface area contributed by atoms with Crippen LogP contribution in [0.3, 0.4) is 0 Å². The summed E-state index contributed by atoms with van der Waals surface area (Å²) in [5, 5.41) is 0. The molecule has 0 fully saturated rings. The van der Waals surface area contributed by atoms with E-state index in [2.05, 4.69) is 0 Å². The van der Waals surface area contributed by atoms with Crippen molar-refractivity contribution in [2.75, 3.05) is 0 Å². The lowest BCUT2D eigenvalue weighted by Crippen LogP contribution is -2.11. The highest BCUT2D eigenvalue weighted by Gasteiger charge is 2.37. The molecule has 0 aromatic heterocycles. The van der Waals surface area contributed by atoms with Gasteiger partial charge in [0.15, 0.2) is 0 Å². The molecule has 1 aliphatic carbocycles. The van der Waals surface area contributed by atoms with Crippen molar-refractivity contribution < 1.29 is 26.3 Å². The van der Waals surface area contributed by atoms with E-state index in [1.165, 1.54) is 6.07 Å². The van der Waals surface area contributed by atoms with Crippen LogP contribution >= 0.6 is 0 Å². The van der Waals surface area contributed by atoms with E-state index < -0.39 is 23.5 Å². The van der Waals surface area contributed by atoms with Crippen LogP contribution in [0.2, 0.25) is 0 Å². The predicted octanol–water partition coefficient (Wildman–Crippen LogP) is 5.97. The number of halogens is 6. The van der Waals surface area contributed by atoms with Crippen LogP contribution in [-0.4, -0.2) is 0 Å². The Bertz CT molecular complexity index is 748. The zero-order valence-electron chi connectivity index (χ0n) is 11.5. The highest BCUT2D eigenvalue weighted by Crippen LogP contribution is 2.40. The summed E-state index contributed by atoms with van der Waals surface area (Å²) < 4.78 is 77.6. The number of benzene rings is 2. The first kappa shape index (κ1) is 15.6. The third-order valence-electron chi connectivity index (χ3n) is 3.58. The molecule has 6 heteroatoms. The molecule has 0 unspecified atom stereocenters. The normalized spacial score (nSPS) is 14.2. The maximum atomic E-state index is 12.9. The summed E-state index contributed by atoms with van der Waals surface area (Å²) >= 11 is 0. The summed E-state index contributed by atoms with van der Waals surface area (Å²) in [5.41, 5.74) is -1.03. The van der Waals surface area contributed by atoms with Crippen molar-refractivity contribution in [2.45, 2.75) is 12.4 Å². The smallest absolute Gasteiger partial charge is 0.166 e. The second kappa shape index (κ2) is 5.15. The van der Waals surface area contributed by atoms with Gasteiger partial charge in [0, 0.05) is 6.42 Å². The van der Waals surface area contributed by atoms with Crippen molar-refractivity contribution >= 4 is 6.08 Å². The molecular weight excluding hydrogens is 318 g/mol. The molecule has 0 aliphatic heterocycles. The Hall–Kier alpha value is -2.24. The summed E-state index contributed by atoms with van der Waals surface area (Å²) in [4.78, 5) is 0. The highest BCUT2D eigenvalue weighted by molar-refractivity contribution is 5.82. The van der Waals surface area contributed by atoms with Gasteiger partial charge in [0.05, 0.1) is 11.1 Å². The number of fused-ring (bicyclic) bond motifs is 1. The minimum Gasteiger partial charge on any atom is -0.166 e. The summed E-state index contributed by atoms with van der Waals surface area (Å²) in [5.74, 6) is 0. The number of alkyl halides is 6. The van der Waals surface area contributed by atoms with Gasteiger partial charge in [-0.15, -0.1) is 0 Å². The minimum atomic E-state index is -4.85.